The van der Waals surface area contributed by atoms with Crippen LogP contribution in [0.25, 0.3) is 0 Å². The van der Waals surface area contributed by atoms with Crippen LogP contribution in [0.4, 0.5) is 17.2 Å². The molecule has 2 amide bonds. The van der Waals surface area contributed by atoms with E-state index in [0.29, 0.717) is 42.9 Å². The van der Waals surface area contributed by atoms with Gasteiger partial charge in [0.1, 0.15) is 5.82 Å². The van der Waals surface area contributed by atoms with Crippen molar-refractivity contribution in [2.24, 2.45) is 0 Å². The number of hydrogen-bond donors (Lipinski definition) is 2. The first-order valence-corrected chi connectivity index (χ1v) is 10.8. The molecule has 2 aromatic heterocycles. The first kappa shape index (κ1) is 20.1. The summed E-state index contributed by atoms with van der Waals surface area (Å²) in [6, 6.07) is 14.2. The van der Waals surface area contributed by atoms with Crippen molar-refractivity contribution in [1.29, 1.82) is 0 Å². The topological polar surface area (TPSA) is 90.7 Å². The molecule has 0 spiro atoms. The molecule has 1 atom stereocenters. The SMILES string of the molecule is CC1Cc2ccccc2N1Cc1ccoc1C(=O)Nc1ccc(N2CCNC(=O)C2)nc1. The molecule has 164 valence electrons. The maximum Gasteiger partial charge on any atom is 0.291 e. The lowest BCUT2D eigenvalue weighted by atomic mass is 10.1. The van der Waals surface area contributed by atoms with Gasteiger partial charge in [0.2, 0.25) is 5.91 Å². The summed E-state index contributed by atoms with van der Waals surface area (Å²) in [6.45, 7) is 4.38. The maximum atomic E-state index is 12.9. The van der Waals surface area contributed by atoms with Gasteiger partial charge in [-0.15, -0.1) is 0 Å². The van der Waals surface area contributed by atoms with Crippen molar-refractivity contribution < 1.29 is 14.0 Å². The molecule has 0 bridgehead atoms. The normalized spacial score (nSPS) is 17.8. The van der Waals surface area contributed by atoms with Crippen LogP contribution in [0.2, 0.25) is 0 Å². The Kier molecular flexibility index (Phi) is 5.26. The minimum absolute atomic E-state index is 0.0178. The highest BCUT2D eigenvalue weighted by Crippen LogP contribution is 2.33. The van der Waals surface area contributed by atoms with Crippen LogP contribution >= 0.6 is 0 Å². The summed E-state index contributed by atoms with van der Waals surface area (Å²) < 4.78 is 5.55. The van der Waals surface area contributed by atoms with Crippen molar-refractivity contribution in [2.45, 2.75) is 25.9 Å². The molecule has 3 aromatic rings. The van der Waals surface area contributed by atoms with E-state index in [1.54, 1.807) is 24.6 Å². The fourth-order valence-electron chi connectivity index (χ4n) is 4.38. The number of nitrogens with zero attached hydrogens (tertiary/aromatic N) is 3. The Labute approximate surface area is 186 Å². The molecule has 0 saturated carbocycles. The molecule has 0 radical (unpaired) electrons. The molecule has 1 aromatic carbocycles. The third-order valence-electron chi connectivity index (χ3n) is 6.01. The van der Waals surface area contributed by atoms with Gasteiger partial charge in [0.15, 0.2) is 5.76 Å². The number of furan rings is 1. The number of hydrogen-bond acceptors (Lipinski definition) is 6. The van der Waals surface area contributed by atoms with E-state index in [-0.39, 0.29) is 18.4 Å². The number of carbonyl (C=O) groups excluding carboxylic acids is 2. The number of benzene rings is 1. The van der Waals surface area contributed by atoms with Crippen molar-refractivity contribution in [1.82, 2.24) is 10.3 Å². The van der Waals surface area contributed by atoms with E-state index in [9.17, 15) is 9.59 Å². The largest absolute Gasteiger partial charge is 0.459 e. The van der Waals surface area contributed by atoms with Crippen molar-refractivity contribution in [3.8, 4) is 0 Å². The average molecular weight is 431 g/mol. The fraction of sp³-hybridized carbons (Fsp3) is 0.292. The molecule has 2 N–H and O–H groups in total. The first-order chi connectivity index (χ1) is 15.6. The van der Waals surface area contributed by atoms with Crippen molar-refractivity contribution in [2.75, 3.05) is 34.8 Å². The van der Waals surface area contributed by atoms with Crippen LogP contribution in [0.3, 0.4) is 0 Å². The van der Waals surface area contributed by atoms with Gasteiger partial charge in [0.05, 0.1) is 24.7 Å². The zero-order valence-electron chi connectivity index (χ0n) is 17.9. The summed E-state index contributed by atoms with van der Waals surface area (Å²) in [5.74, 6) is 0.685. The van der Waals surface area contributed by atoms with Crippen LogP contribution in [-0.2, 0) is 17.8 Å². The first-order valence-electron chi connectivity index (χ1n) is 10.8. The van der Waals surface area contributed by atoms with E-state index in [4.69, 9.17) is 4.42 Å². The molecular weight excluding hydrogens is 406 g/mol. The number of anilines is 3. The highest BCUT2D eigenvalue weighted by molar-refractivity contribution is 6.03. The van der Waals surface area contributed by atoms with E-state index in [1.807, 2.05) is 17.0 Å². The third kappa shape index (κ3) is 3.91. The van der Waals surface area contributed by atoms with Gasteiger partial charge in [0, 0.05) is 36.9 Å². The number of amides is 2. The maximum absolute atomic E-state index is 12.9. The van der Waals surface area contributed by atoms with Gasteiger partial charge < -0.3 is 24.9 Å². The Balaban J connectivity index is 1.27. The highest BCUT2D eigenvalue weighted by atomic mass is 16.3. The molecule has 8 nitrogen and oxygen atoms in total. The van der Waals surface area contributed by atoms with Gasteiger partial charge in [-0.05, 0) is 43.2 Å². The molecule has 0 aliphatic carbocycles. The van der Waals surface area contributed by atoms with Crippen LogP contribution in [0, 0.1) is 0 Å². The summed E-state index contributed by atoms with van der Waals surface area (Å²) in [5.41, 5.74) is 3.95. The van der Waals surface area contributed by atoms with Crippen LogP contribution in [0.5, 0.6) is 0 Å². The van der Waals surface area contributed by atoms with Gasteiger partial charge in [-0.2, -0.15) is 0 Å². The highest BCUT2D eigenvalue weighted by Gasteiger charge is 2.27. The predicted molar refractivity (Wildman–Crippen MR) is 122 cm³/mol. The number of carbonyl (C=O) groups is 2. The van der Waals surface area contributed by atoms with E-state index < -0.39 is 0 Å². The van der Waals surface area contributed by atoms with Gasteiger partial charge >= 0.3 is 0 Å². The minimum atomic E-state index is -0.308. The molecule has 32 heavy (non-hydrogen) atoms. The van der Waals surface area contributed by atoms with E-state index >= 15 is 0 Å². The smallest absolute Gasteiger partial charge is 0.291 e. The lowest BCUT2D eigenvalue weighted by Crippen LogP contribution is -2.48. The van der Waals surface area contributed by atoms with Crippen molar-refractivity contribution >= 4 is 29.0 Å². The monoisotopic (exact) mass is 431 g/mol. The lowest BCUT2D eigenvalue weighted by Gasteiger charge is -2.27. The fourth-order valence-corrected chi connectivity index (χ4v) is 4.38. The molecule has 1 fully saturated rings. The zero-order chi connectivity index (χ0) is 22.1. The Bertz CT molecular complexity index is 1140. The standard InChI is InChI=1S/C24H25N5O3/c1-16-12-17-4-2-3-5-20(17)29(16)14-18-8-11-32-23(18)24(31)27-19-6-7-21(26-13-19)28-10-9-25-22(30)15-28/h2-8,11,13,16H,9-10,12,14-15H2,1H3,(H,25,30)(H,27,31). The van der Waals surface area contributed by atoms with Crippen LogP contribution in [0.15, 0.2) is 59.3 Å². The van der Waals surface area contributed by atoms with Gasteiger partial charge in [-0.3, -0.25) is 9.59 Å². The third-order valence-corrected chi connectivity index (χ3v) is 6.01. The molecule has 1 saturated heterocycles. The van der Waals surface area contributed by atoms with Gasteiger partial charge in [-0.1, -0.05) is 18.2 Å². The second kappa shape index (κ2) is 8.37. The average Bonchev–Trinajstić information content (AvgIpc) is 3.39. The number of piperazine rings is 1. The Morgan fingerprint density at radius 3 is 2.94 bits per heavy atom. The number of pyridine rings is 1. The molecule has 2 aliphatic heterocycles. The van der Waals surface area contributed by atoms with Crippen LogP contribution < -0.4 is 20.4 Å². The van der Waals surface area contributed by atoms with Crippen LogP contribution in [0.1, 0.15) is 28.6 Å². The van der Waals surface area contributed by atoms with E-state index in [1.165, 1.54) is 11.3 Å². The van der Waals surface area contributed by atoms with Crippen molar-refractivity contribution in [3.63, 3.8) is 0 Å². The molecule has 5 rings (SSSR count). The lowest BCUT2D eigenvalue weighted by molar-refractivity contribution is -0.120. The quantitative estimate of drug-likeness (QED) is 0.646. The Morgan fingerprint density at radius 1 is 1.25 bits per heavy atom. The molecule has 4 heterocycles. The second-order valence-corrected chi connectivity index (χ2v) is 8.22. The zero-order valence-corrected chi connectivity index (χ0v) is 17.9. The predicted octanol–water partition coefficient (Wildman–Crippen LogP) is 2.81. The minimum Gasteiger partial charge on any atom is -0.459 e. The second-order valence-electron chi connectivity index (χ2n) is 8.22. The number of fused-ring (bicyclic) bond motifs is 1. The molecule has 2 aliphatic rings. The van der Waals surface area contributed by atoms with Gasteiger partial charge in [0.25, 0.3) is 5.91 Å². The van der Waals surface area contributed by atoms with Crippen LogP contribution in [-0.4, -0.2) is 42.5 Å². The summed E-state index contributed by atoms with van der Waals surface area (Å²) in [6.07, 6.45) is 4.15. The summed E-state index contributed by atoms with van der Waals surface area (Å²) >= 11 is 0. The number of para-hydroxylation sites is 1. The van der Waals surface area contributed by atoms with Crippen molar-refractivity contribution in [3.05, 3.63) is 71.8 Å². The van der Waals surface area contributed by atoms with E-state index in [0.717, 1.165) is 12.0 Å². The molecule has 8 heteroatoms. The molecular formula is C24H25N5O3. The number of rotatable bonds is 5. The summed E-state index contributed by atoms with van der Waals surface area (Å²) in [7, 11) is 0. The number of aromatic nitrogens is 1. The Morgan fingerprint density at radius 2 is 2.12 bits per heavy atom. The Hall–Kier alpha value is -3.81. The summed E-state index contributed by atoms with van der Waals surface area (Å²) in [4.78, 5) is 33.1. The van der Waals surface area contributed by atoms with E-state index in [2.05, 4.69) is 45.6 Å². The number of nitrogens with one attached hydrogen (secondary N) is 2. The van der Waals surface area contributed by atoms with Gasteiger partial charge in [-0.25, -0.2) is 4.98 Å². The molecule has 1 unspecified atom stereocenters. The summed E-state index contributed by atoms with van der Waals surface area (Å²) in [5, 5.41) is 5.66.